The largest absolute Gasteiger partial charge is 0.354 e. The summed E-state index contributed by atoms with van der Waals surface area (Å²) in [6.45, 7) is 0.594. The van der Waals surface area contributed by atoms with Crippen LogP contribution >= 0.6 is 12.6 Å². The van der Waals surface area contributed by atoms with Gasteiger partial charge in [0.05, 0.1) is 11.1 Å². The van der Waals surface area contributed by atoms with Gasteiger partial charge in [-0.25, -0.2) is 0 Å². The minimum absolute atomic E-state index is 0.263. The Hall–Kier alpha value is -1.82. The van der Waals surface area contributed by atoms with Gasteiger partial charge in [0.15, 0.2) is 0 Å². The second-order valence-corrected chi connectivity index (χ2v) is 5.11. The zero-order valence-electron chi connectivity index (χ0n) is 10.0. The van der Waals surface area contributed by atoms with Crippen LogP contribution in [0.25, 0.3) is 0 Å². The highest BCUT2D eigenvalue weighted by Crippen LogP contribution is 2.30. The Morgan fingerprint density at radius 3 is 2.68 bits per heavy atom. The lowest BCUT2D eigenvalue weighted by molar-refractivity contribution is -0.126. The summed E-state index contributed by atoms with van der Waals surface area (Å²) >= 11 is 4.21. The monoisotopic (exact) mass is 276 g/mol. The predicted octanol–water partition coefficient (Wildman–Crippen LogP) is 0.850. The Morgan fingerprint density at radius 1 is 1.21 bits per heavy atom. The minimum Gasteiger partial charge on any atom is -0.354 e. The van der Waals surface area contributed by atoms with Crippen LogP contribution in [0, 0.1) is 0 Å². The average Bonchev–Trinajstić information content (AvgIpc) is 2.64. The van der Waals surface area contributed by atoms with Crippen LogP contribution < -0.4 is 5.32 Å². The first-order chi connectivity index (χ1) is 9.11. The van der Waals surface area contributed by atoms with E-state index in [4.69, 9.17) is 0 Å². The number of carbonyl (C=O) groups is 3. The second kappa shape index (κ2) is 4.38. The highest BCUT2D eigenvalue weighted by Gasteiger charge is 2.44. The second-order valence-electron chi connectivity index (χ2n) is 4.63. The van der Waals surface area contributed by atoms with Gasteiger partial charge in [0, 0.05) is 11.4 Å². The van der Waals surface area contributed by atoms with Crippen LogP contribution in [0.15, 0.2) is 23.1 Å². The minimum atomic E-state index is -0.700. The number of hydrogen-bond acceptors (Lipinski definition) is 4. The molecule has 0 aromatic heterocycles. The number of imide groups is 1. The van der Waals surface area contributed by atoms with Gasteiger partial charge >= 0.3 is 0 Å². The summed E-state index contributed by atoms with van der Waals surface area (Å²) in [6, 6.07) is 4.23. The number of amides is 3. The molecule has 98 valence electrons. The van der Waals surface area contributed by atoms with E-state index in [1.165, 1.54) is 0 Å². The normalized spacial score (nSPS) is 22.5. The molecular formula is C13H12N2O3S. The van der Waals surface area contributed by atoms with Crippen molar-refractivity contribution in [3.8, 4) is 0 Å². The molecular weight excluding hydrogens is 264 g/mol. The number of nitrogens with one attached hydrogen (secondary N) is 1. The van der Waals surface area contributed by atoms with Crippen LogP contribution in [0.5, 0.6) is 0 Å². The van der Waals surface area contributed by atoms with Crippen LogP contribution in [0.2, 0.25) is 0 Å². The molecule has 19 heavy (non-hydrogen) atoms. The smallest absolute Gasteiger partial charge is 0.263 e. The number of rotatable bonds is 1. The van der Waals surface area contributed by atoms with Crippen LogP contribution in [0.1, 0.15) is 33.6 Å². The van der Waals surface area contributed by atoms with Crippen molar-refractivity contribution in [2.75, 3.05) is 6.54 Å². The predicted molar refractivity (Wildman–Crippen MR) is 70.2 cm³/mol. The lowest BCUT2D eigenvalue weighted by Gasteiger charge is -2.28. The molecule has 1 saturated heterocycles. The van der Waals surface area contributed by atoms with Crippen molar-refractivity contribution in [2.24, 2.45) is 0 Å². The maximum absolute atomic E-state index is 12.3. The van der Waals surface area contributed by atoms with Crippen LogP contribution in [-0.2, 0) is 4.79 Å². The third-order valence-electron chi connectivity index (χ3n) is 3.49. The maximum atomic E-state index is 12.3. The zero-order chi connectivity index (χ0) is 13.6. The van der Waals surface area contributed by atoms with Gasteiger partial charge in [-0.2, -0.15) is 0 Å². The quantitative estimate of drug-likeness (QED) is 0.590. The molecule has 6 heteroatoms. The van der Waals surface area contributed by atoms with Gasteiger partial charge in [-0.05, 0) is 25.0 Å². The Kier molecular flexibility index (Phi) is 2.82. The van der Waals surface area contributed by atoms with Crippen molar-refractivity contribution in [3.63, 3.8) is 0 Å². The van der Waals surface area contributed by atoms with Crippen LogP contribution in [0.4, 0.5) is 0 Å². The topological polar surface area (TPSA) is 66.5 Å². The molecule has 0 aliphatic carbocycles. The lowest BCUT2D eigenvalue weighted by Crippen LogP contribution is -2.52. The van der Waals surface area contributed by atoms with Crippen molar-refractivity contribution in [3.05, 3.63) is 29.3 Å². The molecule has 1 aromatic rings. The molecule has 1 fully saturated rings. The number of benzene rings is 1. The average molecular weight is 276 g/mol. The molecule has 3 amide bonds. The molecule has 1 unspecified atom stereocenters. The fourth-order valence-corrected chi connectivity index (χ4v) is 2.87. The van der Waals surface area contributed by atoms with Crippen LogP contribution in [0.3, 0.4) is 0 Å². The number of piperidine rings is 1. The third kappa shape index (κ3) is 1.74. The van der Waals surface area contributed by atoms with E-state index >= 15 is 0 Å². The van der Waals surface area contributed by atoms with E-state index in [-0.39, 0.29) is 5.91 Å². The molecule has 1 atom stereocenters. The third-order valence-corrected chi connectivity index (χ3v) is 3.86. The molecule has 1 aromatic carbocycles. The standard InChI is InChI=1S/C13H12N2O3S/c16-11-8(4-2-6-14-11)15-12(17)7-3-1-5-9(19)10(7)13(15)18/h1,3,5,8,19H,2,4,6H2,(H,14,16). The van der Waals surface area contributed by atoms with Gasteiger partial charge in [-0.1, -0.05) is 6.07 Å². The summed E-state index contributed by atoms with van der Waals surface area (Å²) in [5.74, 6) is -1.09. The molecule has 2 heterocycles. The van der Waals surface area contributed by atoms with Crippen molar-refractivity contribution >= 4 is 30.4 Å². The Bertz CT molecular complexity index is 600. The maximum Gasteiger partial charge on any atom is 0.263 e. The first-order valence-electron chi connectivity index (χ1n) is 6.09. The molecule has 3 rings (SSSR count). The number of fused-ring (bicyclic) bond motifs is 1. The van der Waals surface area contributed by atoms with E-state index in [1.807, 2.05) is 0 Å². The fourth-order valence-electron chi connectivity index (χ4n) is 2.57. The summed E-state index contributed by atoms with van der Waals surface area (Å²) in [4.78, 5) is 38.0. The van der Waals surface area contributed by atoms with E-state index in [0.717, 1.165) is 11.3 Å². The molecule has 0 radical (unpaired) electrons. The summed E-state index contributed by atoms with van der Waals surface area (Å²) < 4.78 is 0. The molecule has 2 aliphatic rings. The van der Waals surface area contributed by atoms with Gasteiger partial charge in [0.2, 0.25) is 5.91 Å². The van der Waals surface area contributed by atoms with Gasteiger partial charge in [0.1, 0.15) is 6.04 Å². The first kappa shape index (κ1) is 12.2. The van der Waals surface area contributed by atoms with Gasteiger partial charge < -0.3 is 5.32 Å². The highest BCUT2D eigenvalue weighted by atomic mass is 32.1. The van der Waals surface area contributed by atoms with Crippen molar-refractivity contribution in [1.29, 1.82) is 0 Å². The van der Waals surface area contributed by atoms with Crippen molar-refractivity contribution in [2.45, 2.75) is 23.8 Å². The van der Waals surface area contributed by atoms with Gasteiger partial charge in [-0.3, -0.25) is 19.3 Å². The van der Waals surface area contributed by atoms with E-state index in [2.05, 4.69) is 17.9 Å². The number of nitrogens with zero attached hydrogens (tertiary/aromatic N) is 1. The van der Waals surface area contributed by atoms with E-state index < -0.39 is 17.9 Å². The highest BCUT2D eigenvalue weighted by molar-refractivity contribution is 7.80. The molecule has 0 saturated carbocycles. The number of thiol groups is 1. The van der Waals surface area contributed by atoms with Gasteiger partial charge in [-0.15, -0.1) is 12.6 Å². The Balaban J connectivity index is 2.03. The molecule has 2 aliphatic heterocycles. The Morgan fingerprint density at radius 2 is 2.00 bits per heavy atom. The SMILES string of the molecule is O=C1NCCCC1N1C(=O)c2cccc(S)c2C1=O. The summed E-state index contributed by atoms with van der Waals surface area (Å²) in [5, 5.41) is 2.69. The van der Waals surface area contributed by atoms with Crippen molar-refractivity contribution in [1.82, 2.24) is 10.2 Å². The zero-order valence-corrected chi connectivity index (χ0v) is 10.9. The first-order valence-corrected chi connectivity index (χ1v) is 6.53. The summed E-state index contributed by atoms with van der Waals surface area (Å²) in [6.07, 6.45) is 1.27. The number of carbonyl (C=O) groups excluding carboxylic acids is 3. The van der Waals surface area contributed by atoms with Crippen molar-refractivity contribution < 1.29 is 14.4 Å². The Labute approximate surface area is 115 Å². The summed E-state index contributed by atoms with van der Waals surface area (Å²) in [5.41, 5.74) is 0.630. The molecule has 1 N–H and O–H groups in total. The van der Waals surface area contributed by atoms with Gasteiger partial charge in [0.25, 0.3) is 11.8 Å². The van der Waals surface area contributed by atoms with E-state index in [1.54, 1.807) is 18.2 Å². The van der Waals surface area contributed by atoms with Crippen LogP contribution in [-0.4, -0.2) is 35.2 Å². The fraction of sp³-hybridized carbons (Fsp3) is 0.308. The van der Waals surface area contributed by atoms with E-state index in [0.29, 0.717) is 29.0 Å². The molecule has 5 nitrogen and oxygen atoms in total. The molecule has 0 spiro atoms. The number of hydrogen-bond donors (Lipinski definition) is 2. The lowest BCUT2D eigenvalue weighted by atomic mass is 10.1. The van der Waals surface area contributed by atoms with E-state index in [9.17, 15) is 14.4 Å². The summed E-state index contributed by atoms with van der Waals surface area (Å²) in [7, 11) is 0. The molecule has 0 bridgehead atoms.